The summed E-state index contributed by atoms with van der Waals surface area (Å²) >= 11 is 0. The summed E-state index contributed by atoms with van der Waals surface area (Å²) < 4.78 is 5.65. The Kier molecular flexibility index (Phi) is 8.41. The lowest BCUT2D eigenvalue weighted by molar-refractivity contribution is -0.121. The minimum atomic E-state index is -0.302. The summed E-state index contributed by atoms with van der Waals surface area (Å²) in [5.41, 5.74) is 0.744. The van der Waals surface area contributed by atoms with Crippen molar-refractivity contribution in [1.29, 1.82) is 0 Å². The van der Waals surface area contributed by atoms with Crippen molar-refractivity contribution in [3.63, 3.8) is 0 Å². The highest BCUT2D eigenvalue weighted by molar-refractivity contribution is 5.76. The number of unbranched alkanes of at least 4 members (excludes halogenated alkanes) is 1. The molecule has 3 rings (SSSR count). The predicted molar refractivity (Wildman–Crippen MR) is 116 cm³/mol. The largest absolute Gasteiger partial charge is 0.494 e. The number of H-pyrrole nitrogens is 1. The maximum absolute atomic E-state index is 12.4. The molecule has 1 aliphatic rings. The Balaban J connectivity index is 1.49. The monoisotopic (exact) mass is 412 g/mol. The molecule has 0 saturated heterocycles. The van der Waals surface area contributed by atoms with Crippen LogP contribution >= 0.6 is 0 Å². The lowest BCUT2D eigenvalue weighted by atomic mass is 9.89. The number of hydrogen-bond acceptors (Lipinski definition) is 5. The molecule has 0 radical (unpaired) electrons. The molecule has 1 amide bonds. The molecular weight excluding hydrogens is 380 g/mol. The summed E-state index contributed by atoms with van der Waals surface area (Å²) in [6.45, 7) is 3.54. The number of aromatic amines is 1. The van der Waals surface area contributed by atoms with E-state index in [1.54, 1.807) is 0 Å². The Hall–Kier alpha value is -2.70. The molecule has 0 unspecified atom stereocenters. The van der Waals surface area contributed by atoms with Gasteiger partial charge in [0.2, 0.25) is 5.91 Å². The van der Waals surface area contributed by atoms with E-state index in [0.717, 1.165) is 30.7 Å². The molecule has 1 fully saturated rings. The lowest BCUT2D eigenvalue weighted by Gasteiger charge is -2.21. The number of ether oxygens (including phenoxy) is 1. The molecule has 2 aromatic rings. The number of amides is 1. The highest BCUT2D eigenvalue weighted by Crippen LogP contribution is 2.22. The van der Waals surface area contributed by atoms with Gasteiger partial charge in [-0.05, 0) is 49.4 Å². The SMILES string of the molecule is CCCCOc1ccc(-c2nnc(CCC(=O)NCC3CCCCC3)c(=O)[nH]2)cc1. The van der Waals surface area contributed by atoms with E-state index in [1.807, 2.05) is 24.3 Å². The standard InChI is InChI=1S/C23H32N4O3/c1-2-3-15-30-19-11-9-18(10-12-19)22-25-23(29)20(26-27-22)13-14-21(28)24-16-17-7-5-4-6-8-17/h9-12,17H,2-8,13-16H2,1H3,(H,24,28)(H,25,27,29). The van der Waals surface area contributed by atoms with E-state index in [4.69, 9.17) is 4.74 Å². The number of carbonyl (C=O) groups excluding carboxylic acids is 1. The van der Waals surface area contributed by atoms with Gasteiger partial charge in [-0.15, -0.1) is 10.2 Å². The van der Waals surface area contributed by atoms with Crippen LogP contribution in [0.25, 0.3) is 11.4 Å². The van der Waals surface area contributed by atoms with Crippen molar-refractivity contribution in [3.05, 3.63) is 40.3 Å². The second kappa shape index (κ2) is 11.5. The molecular formula is C23H32N4O3. The van der Waals surface area contributed by atoms with E-state index in [2.05, 4.69) is 27.4 Å². The number of nitrogens with zero attached hydrogens (tertiary/aromatic N) is 2. The van der Waals surface area contributed by atoms with Crippen LogP contribution in [0.4, 0.5) is 0 Å². The van der Waals surface area contributed by atoms with Crippen LogP contribution in [-0.4, -0.2) is 34.2 Å². The molecule has 0 aliphatic heterocycles. The van der Waals surface area contributed by atoms with E-state index in [9.17, 15) is 9.59 Å². The Labute approximate surface area is 177 Å². The number of carbonyl (C=O) groups is 1. The van der Waals surface area contributed by atoms with Crippen molar-refractivity contribution in [2.45, 2.75) is 64.7 Å². The van der Waals surface area contributed by atoms with Crippen LogP contribution in [0.15, 0.2) is 29.1 Å². The first-order chi connectivity index (χ1) is 14.7. The second-order valence-corrected chi connectivity index (χ2v) is 7.98. The fourth-order valence-corrected chi connectivity index (χ4v) is 3.67. The van der Waals surface area contributed by atoms with Gasteiger partial charge in [-0.3, -0.25) is 9.59 Å². The number of hydrogen-bond donors (Lipinski definition) is 2. The van der Waals surface area contributed by atoms with Crippen LogP contribution in [0.1, 0.15) is 64.0 Å². The average Bonchev–Trinajstić information content (AvgIpc) is 2.78. The molecule has 1 saturated carbocycles. The van der Waals surface area contributed by atoms with Gasteiger partial charge in [0, 0.05) is 24.9 Å². The van der Waals surface area contributed by atoms with Crippen molar-refractivity contribution in [1.82, 2.24) is 20.5 Å². The number of nitrogens with one attached hydrogen (secondary N) is 2. The normalized spacial score (nSPS) is 14.4. The maximum atomic E-state index is 12.4. The Bertz CT molecular complexity index is 857. The molecule has 1 aromatic heterocycles. The van der Waals surface area contributed by atoms with Gasteiger partial charge in [0.15, 0.2) is 5.82 Å². The van der Waals surface area contributed by atoms with E-state index in [0.29, 0.717) is 18.3 Å². The zero-order valence-corrected chi connectivity index (χ0v) is 17.8. The molecule has 7 heteroatoms. The summed E-state index contributed by atoms with van der Waals surface area (Å²) in [5.74, 6) is 1.75. The quantitative estimate of drug-likeness (QED) is 0.581. The number of aryl methyl sites for hydroxylation is 1. The van der Waals surface area contributed by atoms with Gasteiger partial charge in [0.1, 0.15) is 11.4 Å². The van der Waals surface area contributed by atoms with Crippen LogP contribution in [0.5, 0.6) is 5.75 Å². The van der Waals surface area contributed by atoms with Gasteiger partial charge in [-0.1, -0.05) is 32.6 Å². The van der Waals surface area contributed by atoms with Gasteiger partial charge >= 0.3 is 0 Å². The second-order valence-electron chi connectivity index (χ2n) is 7.98. The van der Waals surface area contributed by atoms with Crippen LogP contribution < -0.4 is 15.6 Å². The minimum absolute atomic E-state index is 0.0375. The van der Waals surface area contributed by atoms with E-state index < -0.39 is 0 Å². The van der Waals surface area contributed by atoms with E-state index in [1.165, 1.54) is 32.1 Å². The smallest absolute Gasteiger partial charge is 0.273 e. The molecule has 1 aliphatic carbocycles. The van der Waals surface area contributed by atoms with Gasteiger partial charge < -0.3 is 15.0 Å². The third-order valence-corrected chi connectivity index (χ3v) is 5.56. The van der Waals surface area contributed by atoms with Crippen LogP contribution in [0.3, 0.4) is 0 Å². The summed E-state index contributed by atoms with van der Waals surface area (Å²) in [6.07, 6.45) is 8.83. The first kappa shape index (κ1) is 22.0. The molecule has 0 spiro atoms. The summed E-state index contributed by atoms with van der Waals surface area (Å²) in [6, 6.07) is 7.41. The molecule has 1 heterocycles. The first-order valence-electron chi connectivity index (χ1n) is 11.1. The predicted octanol–water partition coefficient (Wildman–Crippen LogP) is 3.64. The highest BCUT2D eigenvalue weighted by atomic mass is 16.5. The summed E-state index contributed by atoms with van der Waals surface area (Å²) in [4.78, 5) is 27.2. The average molecular weight is 413 g/mol. The molecule has 7 nitrogen and oxygen atoms in total. The fraction of sp³-hybridized carbons (Fsp3) is 0.565. The van der Waals surface area contributed by atoms with Crippen LogP contribution in [0, 0.1) is 5.92 Å². The van der Waals surface area contributed by atoms with Crippen molar-refractivity contribution in [3.8, 4) is 17.1 Å². The van der Waals surface area contributed by atoms with E-state index in [-0.39, 0.29) is 30.0 Å². The van der Waals surface area contributed by atoms with Gasteiger partial charge in [-0.25, -0.2) is 0 Å². The Morgan fingerprint density at radius 2 is 1.93 bits per heavy atom. The molecule has 2 N–H and O–H groups in total. The lowest BCUT2D eigenvalue weighted by Crippen LogP contribution is -2.31. The van der Waals surface area contributed by atoms with Crippen molar-refractivity contribution < 1.29 is 9.53 Å². The van der Waals surface area contributed by atoms with Crippen LogP contribution in [-0.2, 0) is 11.2 Å². The van der Waals surface area contributed by atoms with Crippen molar-refractivity contribution in [2.75, 3.05) is 13.2 Å². The molecule has 30 heavy (non-hydrogen) atoms. The third kappa shape index (κ3) is 6.68. The minimum Gasteiger partial charge on any atom is -0.494 e. The maximum Gasteiger partial charge on any atom is 0.273 e. The van der Waals surface area contributed by atoms with Crippen molar-refractivity contribution >= 4 is 5.91 Å². The number of rotatable bonds is 10. The number of aromatic nitrogens is 3. The first-order valence-corrected chi connectivity index (χ1v) is 11.1. The van der Waals surface area contributed by atoms with Gasteiger partial charge in [0.25, 0.3) is 5.56 Å². The summed E-state index contributed by atoms with van der Waals surface area (Å²) in [7, 11) is 0. The molecule has 0 bridgehead atoms. The molecule has 0 atom stereocenters. The number of benzene rings is 1. The van der Waals surface area contributed by atoms with Gasteiger partial charge in [-0.2, -0.15) is 0 Å². The highest BCUT2D eigenvalue weighted by Gasteiger charge is 2.15. The topological polar surface area (TPSA) is 97.0 Å². The van der Waals surface area contributed by atoms with Crippen LogP contribution in [0.2, 0.25) is 0 Å². The molecule has 162 valence electrons. The summed E-state index contributed by atoms with van der Waals surface area (Å²) in [5, 5.41) is 11.2. The zero-order valence-electron chi connectivity index (χ0n) is 17.8. The Morgan fingerprint density at radius 3 is 2.63 bits per heavy atom. The molecule has 1 aromatic carbocycles. The van der Waals surface area contributed by atoms with E-state index >= 15 is 0 Å². The zero-order chi connectivity index (χ0) is 21.2. The van der Waals surface area contributed by atoms with Gasteiger partial charge in [0.05, 0.1) is 6.61 Å². The Morgan fingerprint density at radius 1 is 1.17 bits per heavy atom. The fourth-order valence-electron chi connectivity index (χ4n) is 3.67. The third-order valence-electron chi connectivity index (χ3n) is 5.56. The van der Waals surface area contributed by atoms with Crippen molar-refractivity contribution in [2.24, 2.45) is 5.92 Å².